The molecule has 2 aliphatic rings. The van der Waals surface area contributed by atoms with E-state index in [0.717, 1.165) is 58.2 Å². The van der Waals surface area contributed by atoms with Gasteiger partial charge in [-0.15, -0.1) is 0 Å². The number of thiophene rings is 1. The lowest BCUT2D eigenvalue weighted by molar-refractivity contribution is 0.0241. The Morgan fingerprint density at radius 1 is 1.16 bits per heavy atom. The second kappa shape index (κ2) is 8.78. The molecule has 1 fully saturated rings. The molecule has 5 heterocycles. The molecule has 1 saturated heterocycles. The fourth-order valence-corrected chi connectivity index (χ4v) is 6.19. The van der Waals surface area contributed by atoms with Crippen molar-refractivity contribution in [1.82, 2.24) is 24.1 Å². The van der Waals surface area contributed by atoms with E-state index in [2.05, 4.69) is 49.5 Å². The molecule has 0 radical (unpaired) electrons. The number of likely N-dealkylation sites (N-methyl/N-ethyl adjacent to an activating group) is 1. The number of hydrogen-bond donors (Lipinski definition) is 0. The minimum Gasteiger partial charge on any atom is -0.496 e. The van der Waals surface area contributed by atoms with Crippen molar-refractivity contribution in [1.29, 1.82) is 0 Å². The van der Waals surface area contributed by atoms with Gasteiger partial charge in [0.05, 0.1) is 24.0 Å². The Hall–Kier alpha value is -3.56. The summed E-state index contributed by atoms with van der Waals surface area (Å²) in [6, 6.07) is 8.13. The van der Waals surface area contributed by atoms with E-state index in [0.29, 0.717) is 12.2 Å². The van der Waals surface area contributed by atoms with Crippen molar-refractivity contribution in [2.45, 2.75) is 26.0 Å². The molecule has 2 aliphatic heterocycles. The summed E-state index contributed by atoms with van der Waals surface area (Å²) < 4.78 is 15.9. The molecule has 1 amide bonds. The zero-order chi connectivity index (χ0) is 25.9. The van der Waals surface area contributed by atoms with Crippen molar-refractivity contribution < 1.29 is 14.3 Å². The van der Waals surface area contributed by atoms with Crippen molar-refractivity contribution >= 4 is 17.2 Å². The van der Waals surface area contributed by atoms with Crippen molar-refractivity contribution in [2.75, 3.05) is 33.8 Å². The molecule has 0 bridgehead atoms. The predicted octanol–water partition coefficient (Wildman–Crippen LogP) is 4.67. The summed E-state index contributed by atoms with van der Waals surface area (Å²) >= 11 is 1.61. The number of methoxy groups -OCH3 is 1. The molecule has 3 aromatic heterocycles. The number of ether oxygens (including phenoxy) is 2. The molecule has 4 aromatic rings. The van der Waals surface area contributed by atoms with Crippen LogP contribution in [0, 0.1) is 0 Å². The first-order chi connectivity index (χ1) is 17.8. The van der Waals surface area contributed by atoms with Crippen LogP contribution in [-0.2, 0) is 13.7 Å². The highest BCUT2D eigenvalue weighted by Crippen LogP contribution is 2.46. The van der Waals surface area contributed by atoms with Crippen LogP contribution in [0.5, 0.6) is 11.5 Å². The Morgan fingerprint density at radius 3 is 2.68 bits per heavy atom. The average molecular weight is 518 g/mol. The van der Waals surface area contributed by atoms with Gasteiger partial charge in [-0.2, -0.15) is 16.4 Å². The molecule has 192 valence electrons. The van der Waals surface area contributed by atoms with E-state index in [4.69, 9.17) is 14.6 Å². The lowest BCUT2D eigenvalue weighted by atomic mass is 9.95. The first-order valence-electron chi connectivity index (χ1n) is 12.4. The van der Waals surface area contributed by atoms with Gasteiger partial charge in [0.2, 0.25) is 0 Å². The van der Waals surface area contributed by atoms with Gasteiger partial charge in [-0.25, -0.2) is 4.68 Å². The van der Waals surface area contributed by atoms with Gasteiger partial charge in [0.15, 0.2) is 5.69 Å². The van der Waals surface area contributed by atoms with Crippen LogP contribution in [0.15, 0.2) is 47.4 Å². The zero-order valence-electron chi connectivity index (χ0n) is 21.8. The summed E-state index contributed by atoms with van der Waals surface area (Å²) in [5, 5.41) is 9.02. The maximum absolute atomic E-state index is 14.0. The molecule has 0 spiro atoms. The largest absolute Gasteiger partial charge is 0.496 e. The average Bonchev–Trinajstić information content (AvgIpc) is 3.61. The van der Waals surface area contributed by atoms with Crippen LogP contribution in [0.1, 0.15) is 29.9 Å². The molecule has 37 heavy (non-hydrogen) atoms. The van der Waals surface area contributed by atoms with Crippen LogP contribution in [0.2, 0.25) is 0 Å². The molecule has 0 aliphatic carbocycles. The van der Waals surface area contributed by atoms with Crippen molar-refractivity contribution in [3.05, 3.63) is 58.7 Å². The van der Waals surface area contributed by atoms with Gasteiger partial charge in [-0.3, -0.25) is 4.79 Å². The second-order valence-corrected chi connectivity index (χ2v) is 11.3. The predicted molar refractivity (Wildman–Crippen MR) is 145 cm³/mol. The molecule has 0 atom stereocenters. The fourth-order valence-electron chi connectivity index (χ4n) is 5.58. The standard InChI is InChI=1S/C28H31N5O3S/c1-28(2)17-31(4)9-10-32(28)27(34)25-22-15-36-24-13-23(35-5)20(18-6-8-30(3)14-18)12-21(24)26(22)33(29-25)19-7-11-37-16-19/h6-8,11-14,16H,9-10,15,17H2,1-5H3. The van der Waals surface area contributed by atoms with E-state index < -0.39 is 0 Å². The zero-order valence-corrected chi connectivity index (χ0v) is 22.6. The molecule has 0 saturated carbocycles. The van der Waals surface area contributed by atoms with E-state index >= 15 is 0 Å². The summed E-state index contributed by atoms with van der Waals surface area (Å²) in [5.41, 5.74) is 5.72. The lowest BCUT2D eigenvalue weighted by Crippen LogP contribution is -2.60. The third-order valence-corrected chi connectivity index (χ3v) is 8.02. The molecule has 6 rings (SSSR count). The van der Waals surface area contributed by atoms with Crippen molar-refractivity contribution in [2.24, 2.45) is 7.05 Å². The van der Waals surface area contributed by atoms with E-state index in [1.165, 1.54) is 0 Å². The Morgan fingerprint density at radius 2 is 2.00 bits per heavy atom. The molecule has 0 N–H and O–H groups in total. The molecule has 8 nitrogen and oxygen atoms in total. The van der Waals surface area contributed by atoms with Crippen LogP contribution in [-0.4, -0.2) is 69.4 Å². The van der Waals surface area contributed by atoms with Gasteiger partial charge in [-0.1, -0.05) is 0 Å². The maximum Gasteiger partial charge on any atom is 0.275 e. The number of aryl methyl sites for hydroxylation is 1. The third kappa shape index (κ3) is 3.93. The SMILES string of the molecule is COc1cc2c(cc1-c1ccn(C)c1)-c1c(c(C(=O)N3CCN(C)CC3(C)C)nn1-c1ccsc1)CO2. The van der Waals surface area contributed by atoms with Gasteiger partial charge in [0.1, 0.15) is 18.1 Å². The topological polar surface area (TPSA) is 64.8 Å². The highest BCUT2D eigenvalue weighted by Gasteiger charge is 2.40. The number of carbonyl (C=O) groups excluding carboxylic acids is 1. The fraction of sp³-hybridized carbons (Fsp3) is 0.357. The summed E-state index contributed by atoms with van der Waals surface area (Å²) in [7, 11) is 5.77. The first kappa shape index (κ1) is 23.8. The molecule has 9 heteroatoms. The third-order valence-electron chi connectivity index (χ3n) is 7.35. The summed E-state index contributed by atoms with van der Waals surface area (Å²) in [6.45, 7) is 6.82. The van der Waals surface area contributed by atoms with E-state index in [-0.39, 0.29) is 18.1 Å². The summed E-state index contributed by atoms with van der Waals surface area (Å²) in [5.74, 6) is 1.41. The van der Waals surface area contributed by atoms with Gasteiger partial charge in [0, 0.05) is 72.8 Å². The normalized spacial score (nSPS) is 16.7. The highest BCUT2D eigenvalue weighted by molar-refractivity contribution is 7.08. The Labute approximate surface area is 220 Å². The maximum atomic E-state index is 14.0. The van der Waals surface area contributed by atoms with Gasteiger partial charge in [0.25, 0.3) is 5.91 Å². The summed E-state index contributed by atoms with van der Waals surface area (Å²) in [4.78, 5) is 18.3. The number of fused-ring (bicyclic) bond motifs is 3. The van der Waals surface area contributed by atoms with Crippen LogP contribution >= 0.6 is 11.3 Å². The number of aromatic nitrogens is 3. The quantitative estimate of drug-likeness (QED) is 0.394. The van der Waals surface area contributed by atoms with Crippen LogP contribution in [0.3, 0.4) is 0 Å². The van der Waals surface area contributed by atoms with Crippen LogP contribution in [0.4, 0.5) is 0 Å². The Balaban J connectivity index is 1.53. The smallest absolute Gasteiger partial charge is 0.275 e. The number of amides is 1. The molecule has 1 aromatic carbocycles. The van der Waals surface area contributed by atoms with E-state index in [1.807, 2.05) is 44.9 Å². The minimum atomic E-state index is -0.301. The number of carbonyl (C=O) groups is 1. The first-order valence-corrected chi connectivity index (χ1v) is 13.3. The van der Waals surface area contributed by atoms with Crippen LogP contribution < -0.4 is 9.47 Å². The number of piperazine rings is 1. The second-order valence-electron chi connectivity index (χ2n) is 10.5. The van der Waals surface area contributed by atoms with Crippen molar-refractivity contribution in [3.63, 3.8) is 0 Å². The van der Waals surface area contributed by atoms with Gasteiger partial charge < -0.3 is 23.8 Å². The van der Waals surface area contributed by atoms with E-state index in [1.54, 1.807) is 18.4 Å². The van der Waals surface area contributed by atoms with Gasteiger partial charge in [-0.05, 0) is 44.5 Å². The molecular weight excluding hydrogens is 486 g/mol. The van der Waals surface area contributed by atoms with Crippen LogP contribution in [0.25, 0.3) is 28.1 Å². The Bertz CT molecular complexity index is 1480. The monoisotopic (exact) mass is 517 g/mol. The summed E-state index contributed by atoms with van der Waals surface area (Å²) in [6.07, 6.45) is 4.08. The number of nitrogens with zero attached hydrogens (tertiary/aromatic N) is 5. The van der Waals surface area contributed by atoms with Gasteiger partial charge >= 0.3 is 0 Å². The highest BCUT2D eigenvalue weighted by atomic mass is 32.1. The van der Waals surface area contributed by atoms with E-state index in [9.17, 15) is 4.79 Å². The number of rotatable bonds is 4. The minimum absolute atomic E-state index is 0.0489. The molecular formula is C28H31N5O3S. The lowest BCUT2D eigenvalue weighted by Gasteiger charge is -2.45. The number of hydrogen-bond acceptors (Lipinski definition) is 6. The molecule has 0 unspecified atom stereocenters. The van der Waals surface area contributed by atoms with Crippen molar-refractivity contribution in [3.8, 4) is 39.6 Å². The Kier molecular flexibility index (Phi) is 5.65. The number of benzene rings is 1.